The van der Waals surface area contributed by atoms with Crippen molar-refractivity contribution in [2.45, 2.75) is 25.3 Å². The number of anilines is 1. The number of nitrogens with one attached hydrogen (secondary N) is 1. The molecule has 1 heterocycles. The van der Waals surface area contributed by atoms with Gasteiger partial charge in [-0.1, -0.05) is 12.1 Å². The first-order valence-corrected chi connectivity index (χ1v) is 7.70. The molecule has 0 radical (unpaired) electrons. The lowest BCUT2D eigenvalue weighted by Crippen LogP contribution is -2.15. The van der Waals surface area contributed by atoms with Crippen molar-refractivity contribution in [2.24, 2.45) is 12.2 Å². The quantitative estimate of drug-likeness (QED) is 0.889. The normalized spacial score (nSPS) is 11.6. The van der Waals surface area contributed by atoms with E-state index in [2.05, 4.69) is 10.4 Å². The van der Waals surface area contributed by atoms with Gasteiger partial charge in [0.05, 0.1) is 11.4 Å². The number of rotatable bonds is 4. The van der Waals surface area contributed by atoms with Gasteiger partial charge in [-0.25, -0.2) is 13.6 Å². The molecular weight excluding hydrogens is 276 g/mol. The number of aromatic nitrogens is 2. The molecule has 1 aromatic carbocycles. The number of sulfonamides is 1. The fourth-order valence-corrected chi connectivity index (χ4v) is 2.83. The highest BCUT2D eigenvalue weighted by Crippen LogP contribution is 2.21. The molecule has 0 spiro atoms. The van der Waals surface area contributed by atoms with Gasteiger partial charge in [0.25, 0.3) is 0 Å². The van der Waals surface area contributed by atoms with Gasteiger partial charge in [-0.15, -0.1) is 0 Å². The summed E-state index contributed by atoms with van der Waals surface area (Å²) in [5.74, 6) is 0. The number of nitrogens with two attached hydrogens (primary N) is 1. The van der Waals surface area contributed by atoms with E-state index in [1.54, 1.807) is 22.9 Å². The summed E-state index contributed by atoms with van der Waals surface area (Å²) in [6, 6.07) is 6.59. The second-order valence-corrected chi connectivity index (χ2v) is 6.20. The van der Waals surface area contributed by atoms with E-state index in [1.807, 2.05) is 20.9 Å². The van der Waals surface area contributed by atoms with E-state index < -0.39 is 10.0 Å². The average molecular weight is 294 g/mol. The van der Waals surface area contributed by atoms with Crippen LogP contribution in [-0.2, 0) is 23.6 Å². The molecule has 6 nitrogen and oxygen atoms in total. The zero-order chi connectivity index (χ0) is 14.9. The van der Waals surface area contributed by atoms with Gasteiger partial charge < -0.3 is 5.32 Å². The van der Waals surface area contributed by atoms with Crippen LogP contribution in [0.3, 0.4) is 0 Å². The fourth-order valence-electron chi connectivity index (χ4n) is 2.12. The predicted molar refractivity (Wildman–Crippen MR) is 77.8 cm³/mol. The molecule has 0 fully saturated rings. The van der Waals surface area contributed by atoms with E-state index in [0.717, 1.165) is 17.0 Å². The van der Waals surface area contributed by atoms with Crippen LogP contribution < -0.4 is 10.5 Å². The SMILES string of the molecule is Cc1nn(C)c(C)c1CNc1ccccc1S(N)(=O)=O. The monoisotopic (exact) mass is 294 g/mol. The van der Waals surface area contributed by atoms with Gasteiger partial charge in [0.15, 0.2) is 0 Å². The van der Waals surface area contributed by atoms with Crippen molar-refractivity contribution >= 4 is 15.7 Å². The van der Waals surface area contributed by atoms with Crippen molar-refractivity contribution in [3.05, 3.63) is 41.2 Å². The van der Waals surface area contributed by atoms with Gasteiger partial charge in [-0.3, -0.25) is 4.68 Å². The Hall–Kier alpha value is -1.86. The molecule has 0 aliphatic carbocycles. The molecule has 0 atom stereocenters. The first kappa shape index (κ1) is 14.5. The Kier molecular flexibility index (Phi) is 3.82. The number of hydrogen-bond acceptors (Lipinski definition) is 4. The molecule has 7 heteroatoms. The summed E-state index contributed by atoms with van der Waals surface area (Å²) < 4.78 is 24.9. The van der Waals surface area contributed by atoms with Crippen LogP contribution in [0.4, 0.5) is 5.69 Å². The minimum Gasteiger partial charge on any atom is -0.380 e. The van der Waals surface area contributed by atoms with Crippen LogP contribution in [0.2, 0.25) is 0 Å². The highest BCUT2D eigenvalue weighted by molar-refractivity contribution is 7.89. The van der Waals surface area contributed by atoms with E-state index in [0.29, 0.717) is 12.2 Å². The Labute approximate surface area is 118 Å². The third-order valence-corrected chi connectivity index (χ3v) is 4.28. The molecule has 0 saturated carbocycles. The van der Waals surface area contributed by atoms with Crippen LogP contribution in [0, 0.1) is 13.8 Å². The molecule has 20 heavy (non-hydrogen) atoms. The Morgan fingerprint density at radius 3 is 2.50 bits per heavy atom. The lowest BCUT2D eigenvalue weighted by atomic mass is 10.2. The van der Waals surface area contributed by atoms with Gasteiger partial charge in [0.2, 0.25) is 10.0 Å². The van der Waals surface area contributed by atoms with Crippen LogP contribution in [0.25, 0.3) is 0 Å². The van der Waals surface area contributed by atoms with Crippen molar-refractivity contribution in [1.82, 2.24) is 9.78 Å². The molecule has 1 aromatic heterocycles. The molecule has 0 unspecified atom stereocenters. The summed E-state index contributed by atoms with van der Waals surface area (Å²) >= 11 is 0. The smallest absolute Gasteiger partial charge is 0.240 e. The minimum absolute atomic E-state index is 0.0965. The second-order valence-electron chi connectivity index (χ2n) is 4.67. The molecule has 0 bridgehead atoms. The molecular formula is C13H18N4O2S. The summed E-state index contributed by atoms with van der Waals surface area (Å²) in [4.78, 5) is 0.0965. The lowest BCUT2D eigenvalue weighted by Gasteiger charge is -2.10. The van der Waals surface area contributed by atoms with E-state index in [4.69, 9.17) is 5.14 Å². The molecule has 3 N–H and O–H groups in total. The van der Waals surface area contributed by atoms with Crippen molar-refractivity contribution in [3.8, 4) is 0 Å². The van der Waals surface area contributed by atoms with E-state index in [9.17, 15) is 8.42 Å². The van der Waals surface area contributed by atoms with E-state index in [-0.39, 0.29) is 4.90 Å². The van der Waals surface area contributed by atoms with Gasteiger partial charge in [-0.2, -0.15) is 5.10 Å². The molecule has 2 aromatic rings. The van der Waals surface area contributed by atoms with Crippen molar-refractivity contribution in [3.63, 3.8) is 0 Å². The van der Waals surface area contributed by atoms with Crippen LogP contribution in [0.1, 0.15) is 17.0 Å². The zero-order valence-electron chi connectivity index (χ0n) is 11.7. The van der Waals surface area contributed by atoms with E-state index in [1.165, 1.54) is 6.07 Å². The van der Waals surface area contributed by atoms with Gasteiger partial charge in [0, 0.05) is 24.8 Å². The Bertz CT molecular complexity index is 735. The first-order valence-electron chi connectivity index (χ1n) is 6.15. The second kappa shape index (κ2) is 5.26. The van der Waals surface area contributed by atoms with Crippen LogP contribution >= 0.6 is 0 Å². The number of nitrogens with zero attached hydrogens (tertiary/aromatic N) is 2. The standard InChI is InChI=1S/C13H18N4O2S/c1-9-11(10(2)17(3)16-9)8-15-12-6-4-5-7-13(12)20(14,18)19/h4-7,15H,8H2,1-3H3,(H2,14,18,19). The maximum atomic E-state index is 11.5. The molecule has 0 aliphatic heterocycles. The predicted octanol–water partition coefficient (Wildman–Crippen LogP) is 1.30. The Balaban J connectivity index is 2.28. The summed E-state index contributed by atoms with van der Waals surface area (Å²) in [6.45, 7) is 4.40. The number of para-hydroxylation sites is 1. The number of aryl methyl sites for hydroxylation is 2. The van der Waals surface area contributed by atoms with E-state index >= 15 is 0 Å². The van der Waals surface area contributed by atoms with Crippen molar-refractivity contribution in [1.29, 1.82) is 0 Å². The lowest BCUT2D eigenvalue weighted by molar-refractivity contribution is 0.598. The van der Waals surface area contributed by atoms with Crippen LogP contribution in [0.15, 0.2) is 29.2 Å². The number of benzene rings is 1. The third kappa shape index (κ3) is 2.83. The summed E-state index contributed by atoms with van der Waals surface area (Å²) in [5, 5.41) is 12.7. The summed E-state index contributed by atoms with van der Waals surface area (Å²) in [5.41, 5.74) is 3.52. The highest BCUT2D eigenvalue weighted by atomic mass is 32.2. The summed E-state index contributed by atoms with van der Waals surface area (Å²) in [6.07, 6.45) is 0. The van der Waals surface area contributed by atoms with Crippen molar-refractivity contribution < 1.29 is 8.42 Å². The molecule has 0 amide bonds. The van der Waals surface area contributed by atoms with Gasteiger partial charge in [0.1, 0.15) is 4.90 Å². The maximum Gasteiger partial charge on any atom is 0.240 e. The molecule has 0 saturated heterocycles. The van der Waals surface area contributed by atoms with Crippen LogP contribution in [-0.4, -0.2) is 18.2 Å². The topological polar surface area (TPSA) is 90.0 Å². The Morgan fingerprint density at radius 1 is 1.30 bits per heavy atom. The third-order valence-electron chi connectivity index (χ3n) is 3.31. The highest BCUT2D eigenvalue weighted by Gasteiger charge is 2.14. The average Bonchev–Trinajstić information content (AvgIpc) is 2.60. The fraction of sp³-hybridized carbons (Fsp3) is 0.308. The molecule has 108 valence electrons. The van der Waals surface area contributed by atoms with Gasteiger partial charge >= 0.3 is 0 Å². The first-order chi connectivity index (χ1) is 9.30. The van der Waals surface area contributed by atoms with Crippen molar-refractivity contribution in [2.75, 3.05) is 5.32 Å². The number of hydrogen-bond donors (Lipinski definition) is 2. The molecule has 2 rings (SSSR count). The zero-order valence-corrected chi connectivity index (χ0v) is 12.5. The largest absolute Gasteiger partial charge is 0.380 e. The Morgan fingerprint density at radius 2 is 1.95 bits per heavy atom. The van der Waals surface area contributed by atoms with Crippen LogP contribution in [0.5, 0.6) is 0 Å². The maximum absolute atomic E-state index is 11.5. The number of primary sulfonamides is 1. The van der Waals surface area contributed by atoms with Gasteiger partial charge in [-0.05, 0) is 26.0 Å². The molecule has 0 aliphatic rings. The summed E-state index contributed by atoms with van der Waals surface area (Å²) in [7, 11) is -1.86. The minimum atomic E-state index is -3.74.